The molecule has 9 heteroatoms. The number of rotatable bonds is 6. The third-order valence-corrected chi connectivity index (χ3v) is 6.31. The molecular weight excluding hydrogens is 478 g/mol. The number of amides is 1. The number of nitrogens with zero attached hydrogens (tertiary/aromatic N) is 2. The smallest absolute Gasteiger partial charge is 0.345 e. The molecule has 3 aromatic carbocycles. The molecular formula is C27H21N3O5S. The molecule has 36 heavy (non-hydrogen) atoms. The zero-order chi connectivity index (χ0) is 25.1. The molecule has 0 aliphatic heterocycles. The molecule has 0 unspecified atom stereocenters. The molecule has 0 fully saturated rings. The normalized spacial score (nSPS) is 11.4. The Kier molecular flexibility index (Phi) is 6.38. The highest BCUT2D eigenvalue weighted by Gasteiger charge is 2.17. The van der Waals surface area contributed by atoms with Gasteiger partial charge >= 0.3 is 5.63 Å². The Morgan fingerprint density at radius 1 is 0.944 bits per heavy atom. The zero-order valence-corrected chi connectivity index (χ0v) is 20.2. The molecule has 0 radical (unpaired) electrons. The highest BCUT2D eigenvalue weighted by molar-refractivity contribution is 7.07. The lowest BCUT2D eigenvalue weighted by atomic mass is 10.1. The maximum atomic E-state index is 13.2. The maximum Gasteiger partial charge on any atom is 0.345 e. The number of hydrogen-bond donors (Lipinski definition) is 1. The first-order valence-corrected chi connectivity index (χ1v) is 11.8. The summed E-state index contributed by atoms with van der Waals surface area (Å²) in [5.74, 6) is 0.966. The first-order chi connectivity index (χ1) is 17.6. The summed E-state index contributed by atoms with van der Waals surface area (Å²) in [6.45, 7) is 0. The molecule has 0 aliphatic carbocycles. The topological polar surface area (TPSA) is 95.1 Å². The van der Waals surface area contributed by atoms with Crippen molar-refractivity contribution in [3.63, 3.8) is 0 Å². The van der Waals surface area contributed by atoms with Crippen LogP contribution in [0.3, 0.4) is 0 Å². The molecule has 0 saturated heterocycles. The molecule has 1 amide bonds. The lowest BCUT2D eigenvalue weighted by molar-refractivity contribution is 0.101. The number of para-hydroxylation sites is 1. The van der Waals surface area contributed by atoms with Crippen molar-refractivity contribution in [3.8, 4) is 22.8 Å². The Labute approximate surface area is 209 Å². The minimum Gasteiger partial charge on any atom is -0.497 e. The minimum atomic E-state index is -0.519. The SMILES string of the molecule is COc1ccc(N=c2scc(-c3cc4ccccc4oc3=O)n2NC(=O)c2ccc(OC)cc2)cc1. The lowest BCUT2D eigenvalue weighted by Gasteiger charge is -2.11. The van der Waals surface area contributed by atoms with Gasteiger partial charge in [-0.15, -0.1) is 11.3 Å². The van der Waals surface area contributed by atoms with E-state index in [1.807, 2.05) is 12.1 Å². The molecule has 0 bridgehead atoms. The van der Waals surface area contributed by atoms with Crippen LogP contribution in [0.2, 0.25) is 0 Å². The Bertz CT molecular complexity index is 1670. The molecule has 0 aliphatic rings. The summed E-state index contributed by atoms with van der Waals surface area (Å²) in [7, 11) is 3.15. The van der Waals surface area contributed by atoms with E-state index in [9.17, 15) is 9.59 Å². The molecule has 5 rings (SSSR count). The fourth-order valence-electron chi connectivity index (χ4n) is 3.60. The van der Waals surface area contributed by atoms with Crippen LogP contribution in [-0.2, 0) is 0 Å². The van der Waals surface area contributed by atoms with Gasteiger partial charge in [-0.2, -0.15) is 0 Å². The second-order valence-corrected chi connectivity index (χ2v) is 8.54. The number of carbonyl (C=O) groups excluding carboxylic acids is 1. The predicted molar refractivity (Wildman–Crippen MR) is 139 cm³/mol. The Hall–Kier alpha value is -4.63. The van der Waals surface area contributed by atoms with Gasteiger partial charge in [-0.1, -0.05) is 18.2 Å². The monoisotopic (exact) mass is 499 g/mol. The van der Waals surface area contributed by atoms with Crippen molar-refractivity contribution in [3.05, 3.63) is 105 Å². The number of fused-ring (bicyclic) bond motifs is 1. The van der Waals surface area contributed by atoms with Crippen molar-refractivity contribution in [1.82, 2.24) is 4.68 Å². The minimum absolute atomic E-state index is 0.302. The van der Waals surface area contributed by atoms with Crippen LogP contribution in [-0.4, -0.2) is 24.8 Å². The molecule has 180 valence electrons. The summed E-state index contributed by atoms with van der Waals surface area (Å²) in [5, 5.41) is 2.53. The van der Waals surface area contributed by atoms with Crippen LogP contribution in [0, 0.1) is 0 Å². The summed E-state index contributed by atoms with van der Waals surface area (Å²) < 4.78 is 17.4. The zero-order valence-electron chi connectivity index (χ0n) is 19.4. The molecule has 0 atom stereocenters. The fraction of sp³-hybridized carbons (Fsp3) is 0.0741. The van der Waals surface area contributed by atoms with Crippen LogP contribution in [0.1, 0.15) is 10.4 Å². The highest BCUT2D eigenvalue weighted by Crippen LogP contribution is 2.23. The maximum absolute atomic E-state index is 13.2. The molecule has 5 aromatic rings. The van der Waals surface area contributed by atoms with Crippen LogP contribution in [0.25, 0.3) is 22.2 Å². The van der Waals surface area contributed by atoms with Crippen LogP contribution in [0.15, 0.2) is 98.4 Å². The summed E-state index contributed by atoms with van der Waals surface area (Å²) in [5.41, 5.74) is 4.67. The predicted octanol–water partition coefficient (Wildman–Crippen LogP) is 4.96. The van der Waals surface area contributed by atoms with Crippen LogP contribution in [0.4, 0.5) is 5.69 Å². The van der Waals surface area contributed by atoms with Crippen LogP contribution < -0.4 is 25.3 Å². The van der Waals surface area contributed by atoms with Gasteiger partial charge in [0.1, 0.15) is 17.1 Å². The van der Waals surface area contributed by atoms with Gasteiger partial charge in [0.15, 0.2) is 0 Å². The number of methoxy groups -OCH3 is 2. The van der Waals surface area contributed by atoms with Gasteiger partial charge in [0.05, 0.1) is 31.2 Å². The second kappa shape index (κ2) is 9.93. The second-order valence-electron chi connectivity index (χ2n) is 7.70. The van der Waals surface area contributed by atoms with Crippen LogP contribution >= 0.6 is 11.3 Å². The number of benzene rings is 3. The van der Waals surface area contributed by atoms with E-state index in [2.05, 4.69) is 10.4 Å². The number of thiazole rings is 1. The van der Waals surface area contributed by atoms with Gasteiger partial charge < -0.3 is 13.9 Å². The van der Waals surface area contributed by atoms with Crippen molar-refractivity contribution >= 4 is 33.9 Å². The fourth-order valence-corrected chi connectivity index (χ4v) is 4.46. The third kappa shape index (κ3) is 4.64. The number of aromatic nitrogens is 1. The number of ether oxygens (including phenoxy) is 2. The average molecular weight is 500 g/mol. The van der Waals surface area contributed by atoms with Gasteiger partial charge in [-0.25, -0.2) is 14.5 Å². The quantitative estimate of drug-likeness (QED) is 0.333. The van der Waals surface area contributed by atoms with E-state index in [-0.39, 0.29) is 5.91 Å². The number of carbonyl (C=O) groups is 1. The Morgan fingerprint density at radius 3 is 2.31 bits per heavy atom. The van der Waals surface area contributed by atoms with Gasteiger partial charge in [-0.05, 0) is 60.7 Å². The lowest BCUT2D eigenvalue weighted by Crippen LogP contribution is -2.31. The first-order valence-electron chi connectivity index (χ1n) is 10.9. The average Bonchev–Trinajstić information content (AvgIpc) is 3.30. The van der Waals surface area contributed by atoms with Gasteiger partial charge in [0, 0.05) is 16.3 Å². The van der Waals surface area contributed by atoms with Crippen molar-refractivity contribution in [2.45, 2.75) is 0 Å². The summed E-state index contributed by atoms with van der Waals surface area (Å²) in [6.07, 6.45) is 0. The summed E-state index contributed by atoms with van der Waals surface area (Å²) >= 11 is 1.28. The molecule has 0 spiro atoms. The molecule has 2 aromatic heterocycles. The van der Waals surface area contributed by atoms with Crippen molar-refractivity contribution in [1.29, 1.82) is 0 Å². The summed E-state index contributed by atoms with van der Waals surface area (Å²) in [6, 6.07) is 22.9. The van der Waals surface area contributed by atoms with Gasteiger partial charge in [-0.3, -0.25) is 10.2 Å². The number of nitrogens with one attached hydrogen (secondary N) is 1. The number of hydrogen-bond acceptors (Lipinski definition) is 7. The van der Waals surface area contributed by atoms with E-state index >= 15 is 0 Å². The van der Waals surface area contributed by atoms with Crippen molar-refractivity contribution < 1.29 is 18.7 Å². The third-order valence-electron chi connectivity index (χ3n) is 5.49. The van der Waals surface area contributed by atoms with Crippen molar-refractivity contribution in [2.24, 2.45) is 4.99 Å². The van der Waals surface area contributed by atoms with E-state index in [0.717, 1.165) is 5.39 Å². The Balaban J connectivity index is 1.63. The largest absolute Gasteiger partial charge is 0.497 e. The first kappa shape index (κ1) is 23.1. The van der Waals surface area contributed by atoms with Crippen molar-refractivity contribution in [2.75, 3.05) is 19.6 Å². The van der Waals surface area contributed by atoms with E-state index in [4.69, 9.17) is 13.9 Å². The Morgan fingerprint density at radius 2 is 1.61 bits per heavy atom. The highest BCUT2D eigenvalue weighted by atomic mass is 32.1. The standard InChI is InChI=1S/C27H21N3O5S/c1-33-20-11-7-17(8-12-20)25(31)29-30-23(22-15-18-5-3-4-6-24(18)35-26(22)32)16-36-27(30)28-19-9-13-21(34-2)14-10-19/h3-16H,1-2H3,(H,29,31). The van der Waals surface area contributed by atoms with E-state index in [0.29, 0.717) is 44.4 Å². The van der Waals surface area contributed by atoms with Crippen LogP contribution in [0.5, 0.6) is 11.5 Å². The van der Waals surface area contributed by atoms with E-state index in [1.165, 1.54) is 16.0 Å². The van der Waals surface area contributed by atoms with Gasteiger partial charge in [0.25, 0.3) is 5.91 Å². The van der Waals surface area contributed by atoms with E-state index < -0.39 is 5.63 Å². The van der Waals surface area contributed by atoms with E-state index in [1.54, 1.807) is 86.3 Å². The molecule has 2 heterocycles. The molecule has 8 nitrogen and oxygen atoms in total. The molecule has 0 saturated carbocycles. The van der Waals surface area contributed by atoms with Gasteiger partial charge in [0.2, 0.25) is 4.80 Å². The summed E-state index contributed by atoms with van der Waals surface area (Å²) in [4.78, 5) is 31.2. The molecule has 1 N–H and O–H groups in total.